The molecule has 2 fully saturated rings. The molecule has 186 valence electrons. The SMILES string of the molecule is C=C(c1ccc(Nc2nc3c(C4=CCN(C(=O)OCC)CC4)cccn3n2)cc1)N1CC2CNC2C1. The smallest absolute Gasteiger partial charge is 0.410 e. The molecule has 9 heteroatoms. The molecule has 2 unspecified atom stereocenters. The highest BCUT2D eigenvalue weighted by atomic mass is 16.6. The van der Waals surface area contributed by atoms with Crippen LogP contribution in [0.25, 0.3) is 16.9 Å². The number of anilines is 2. The fourth-order valence-electron chi connectivity index (χ4n) is 5.23. The Bertz CT molecular complexity index is 1320. The zero-order valence-electron chi connectivity index (χ0n) is 20.5. The number of likely N-dealkylation sites (tertiary alicyclic amines) is 1. The van der Waals surface area contributed by atoms with Crippen LogP contribution in [0.15, 0.2) is 55.3 Å². The number of carbonyl (C=O) groups is 1. The number of aromatic nitrogens is 3. The number of nitrogens with zero attached hydrogens (tertiary/aromatic N) is 5. The van der Waals surface area contributed by atoms with Crippen LogP contribution < -0.4 is 10.6 Å². The van der Waals surface area contributed by atoms with Gasteiger partial charge in [-0.3, -0.25) is 0 Å². The molecular formula is C27H31N7O2. The van der Waals surface area contributed by atoms with E-state index in [1.165, 1.54) is 0 Å². The van der Waals surface area contributed by atoms with E-state index in [0.29, 0.717) is 31.7 Å². The second-order valence-electron chi connectivity index (χ2n) is 9.58. The fraction of sp³-hybridized carbons (Fsp3) is 0.370. The minimum absolute atomic E-state index is 0.265. The quantitative estimate of drug-likeness (QED) is 0.552. The van der Waals surface area contributed by atoms with Gasteiger partial charge in [0.15, 0.2) is 5.65 Å². The van der Waals surface area contributed by atoms with Crippen LogP contribution in [-0.4, -0.2) is 75.9 Å². The lowest BCUT2D eigenvalue weighted by molar-refractivity contribution is 0.111. The summed E-state index contributed by atoms with van der Waals surface area (Å²) >= 11 is 0. The van der Waals surface area contributed by atoms with Crippen molar-refractivity contribution in [3.8, 4) is 0 Å². The van der Waals surface area contributed by atoms with E-state index in [-0.39, 0.29) is 6.09 Å². The maximum Gasteiger partial charge on any atom is 0.410 e. The maximum absolute atomic E-state index is 12.0. The van der Waals surface area contributed by atoms with Crippen molar-refractivity contribution in [2.75, 3.05) is 44.6 Å². The molecule has 9 nitrogen and oxygen atoms in total. The minimum Gasteiger partial charge on any atom is -0.450 e. The highest BCUT2D eigenvalue weighted by Crippen LogP contribution is 2.31. The molecule has 6 rings (SSSR count). The Morgan fingerprint density at radius 2 is 2.08 bits per heavy atom. The fourth-order valence-corrected chi connectivity index (χ4v) is 5.23. The molecule has 0 bridgehead atoms. The van der Waals surface area contributed by atoms with Crippen LogP contribution in [-0.2, 0) is 4.74 Å². The van der Waals surface area contributed by atoms with Gasteiger partial charge in [-0.05, 0) is 48.7 Å². The van der Waals surface area contributed by atoms with Crippen LogP contribution in [0.5, 0.6) is 0 Å². The highest BCUT2D eigenvalue weighted by Gasteiger charge is 2.39. The molecule has 0 saturated carbocycles. The van der Waals surface area contributed by atoms with Gasteiger partial charge < -0.3 is 25.2 Å². The summed E-state index contributed by atoms with van der Waals surface area (Å²) in [5.41, 5.74) is 6.12. The van der Waals surface area contributed by atoms with E-state index < -0.39 is 0 Å². The van der Waals surface area contributed by atoms with Crippen molar-refractivity contribution in [2.45, 2.75) is 19.4 Å². The summed E-state index contributed by atoms with van der Waals surface area (Å²) in [4.78, 5) is 20.9. The summed E-state index contributed by atoms with van der Waals surface area (Å²) in [7, 11) is 0. The summed E-state index contributed by atoms with van der Waals surface area (Å²) in [6.45, 7) is 10.9. The molecular weight excluding hydrogens is 454 g/mol. The number of pyridine rings is 1. The monoisotopic (exact) mass is 485 g/mol. The van der Waals surface area contributed by atoms with Crippen LogP contribution in [0.2, 0.25) is 0 Å². The number of amides is 1. The number of carbonyl (C=O) groups excluding carboxylic acids is 1. The van der Waals surface area contributed by atoms with Crippen LogP contribution in [0, 0.1) is 5.92 Å². The molecule has 2 saturated heterocycles. The number of nitrogens with one attached hydrogen (secondary N) is 2. The first-order valence-corrected chi connectivity index (χ1v) is 12.6. The molecule has 36 heavy (non-hydrogen) atoms. The molecule has 0 spiro atoms. The Kier molecular flexibility index (Phi) is 5.85. The Balaban J connectivity index is 1.15. The van der Waals surface area contributed by atoms with Crippen molar-refractivity contribution in [1.82, 2.24) is 29.7 Å². The average molecular weight is 486 g/mol. The van der Waals surface area contributed by atoms with E-state index in [1.54, 1.807) is 9.42 Å². The molecule has 3 aromatic rings. The van der Waals surface area contributed by atoms with Gasteiger partial charge in [0, 0.05) is 67.8 Å². The van der Waals surface area contributed by atoms with Crippen LogP contribution in [0.3, 0.4) is 0 Å². The Labute approximate surface area is 210 Å². The van der Waals surface area contributed by atoms with Gasteiger partial charge in [-0.25, -0.2) is 9.31 Å². The molecule has 0 aliphatic carbocycles. The van der Waals surface area contributed by atoms with Crippen molar-refractivity contribution in [3.63, 3.8) is 0 Å². The number of fused-ring (bicyclic) bond motifs is 2. The molecule has 2 N–H and O–H groups in total. The lowest BCUT2D eigenvalue weighted by atomic mass is 9.96. The number of rotatable bonds is 6. The number of ether oxygens (including phenoxy) is 1. The predicted octanol–water partition coefficient (Wildman–Crippen LogP) is 3.59. The first-order valence-electron chi connectivity index (χ1n) is 12.6. The van der Waals surface area contributed by atoms with Gasteiger partial charge in [0.1, 0.15) is 0 Å². The van der Waals surface area contributed by atoms with Crippen molar-refractivity contribution in [3.05, 3.63) is 66.4 Å². The van der Waals surface area contributed by atoms with E-state index in [4.69, 9.17) is 9.72 Å². The first kappa shape index (κ1) is 22.6. The van der Waals surface area contributed by atoms with Gasteiger partial charge in [-0.15, -0.1) is 5.10 Å². The summed E-state index contributed by atoms with van der Waals surface area (Å²) < 4.78 is 6.92. The topological polar surface area (TPSA) is 87.0 Å². The van der Waals surface area contributed by atoms with E-state index in [0.717, 1.165) is 65.7 Å². The van der Waals surface area contributed by atoms with Crippen molar-refractivity contribution >= 4 is 34.6 Å². The van der Waals surface area contributed by atoms with E-state index in [9.17, 15) is 4.79 Å². The summed E-state index contributed by atoms with van der Waals surface area (Å²) in [5, 5.41) is 11.5. The van der Waals surface area contributed by atoms with Gasteiger partial charge >= 0.3 is 6.09 Å². The van der Waals surface area contributed by atoms with Crippen molar-refractivity contribution < 1.29 is 9.53 Å². The van der Waals surface area contributed by atoms with Crippen molar-refractivity contribution in [1.29, 1.82) is 0 Å². The molecule has 2 aromatic heterocycles. The largest absolute Gasteiger partial charge is 0.450 e. The molecule has 1 aromatic carbocycles. The predicted molar refractivity (Wildman–Crippen MR) is 140 cm³/mol. The average Bonchev–Trinajstić information content (AvgIpc) is 3.43. The normalized spacial score (nSPS) is 21.1. The Morgan fingerprint density at radius 1 is 1.22 bits per heavy atom. The number of hydrogen-bond donors (Lipinski definition) is 2. The molecule has 0 radical (unpaired) electrons. The van der Waals surface area contributed by atoms with Gasteiger partial charge in [0.2, 0.25) is 5.95 Å². The number of hydrogen-bond acceptors (Lipinski definition) is 7. The zero-order chi connectivity index (χ0) is 24.6. The molecule has 3 aliphatic heterocycles. The van der Waals surface area contributed by atoms with E-state index in [2.05, 4.69) is 51.5 Å². The van der Waals surface area contributed by atoms with Gasteiger partial charge in [-0.1, -0.05) is 24.8 Å². The standard InChI is InChI=1S/C27H31N7O2/c1-3-36-27(35)32-13-10-20(11-14-32)23-5-4-12-34-25(23)30-26(31-34)29-22-8-6-19(7-9-22)18(2)33-16-21-15-28-24(21)17-33/h4-10,12,21,24,28H,2-3,11,13-17H2,1H3,(H,29,31). The molecule has 1 amide bonds. The lowest BCUT2D eigenvalue weighted by Gasteiger charge is -2.29. The van der Waals surface area contributed by atoms with Gasteiger partial charge in [0.05, 0.1) is 6.61 Å². The third kappa shape index (κ3) is 4.19. The third-order valence-electron chi connectivity index (χ3n) is 7.38. The summed E-state index contributed by atoms with van der Waals surface area (Å²) in [6, 6.07) is 12.9. The van der Waals surface area contributed by atoms with Crippen LogP contribution in [0.1, 0.15) is 24.5 Å². The van der Waals surface area contributed by atoms with Crippen molar-refractivity contribution in [2.24, 2.45) is 5.92 Å². The Morgan fingerprint density at radius 3 is 2.75 bits per heavy atom. The lowest BCUT2D eigenvalue weighted by Crippen LogP contribution is -2.51. The Hall–Kier alpha value is -3.85. The second kappa shape index (κ2) is 9.31. The zero-order valence-corrected chi connectivity index (χ0v) is 20.5. The minimum atomic E-state index is -0.265. The second-order valence-corrected chi connectivity index (χ2v) is 9.58. The van der Waals surface area contributed by atoms with E-state index in [1.807, 2.05) is 31.3 Å². The van der Waals surface area contributed by atoms with Gasteiger partial charge in [0.25, 0.3) is 0 Å². The van der Waals surface area contributed by atoms with E-state index >= 15 is 0 Å². The molecule has 3 aliphatic rings. The summed E-state index contributed by atoms with van der Waals surface area (Å²) in [5.74, 6) is 1.30. The molecule has 5 heterocycles. The van der Waals surface area contributed by atoms with Gasteiger partial charge in [-0.2, -0.15) is 4.98 Å². The van der Waals surface area contributed by atoms with Crippen LogP contribution >= 0.6 is 0 Å². The summed E-state index contributed by atoms with van der Waals surface area (Å²) in [6.07, 6.45) is 4.45. The first-order chi connectivity index (χ1) is 17.6. The third-order valence-corrected chi connectivity index (χ3v) is 7.38. The molecule has 2 atom stereocenters. The number of benzene rings is 1. The van der Waals surface area contributed by atoms with Crippen LogP contribution in [0.4, 0.5) is 16.4 Å². The maximum atomic E-state index is 12.0. The highest BCUT2D eigenvalue weighted by molar-refractivity contribution is 5.79.